The third kappa shape index (κ3) is 0.832. The van der Waals surface area contributed by atoms with Crippen molar-refractivity contribution in [2.75, 3.05) is 7.11 Å². The quantitative estimate of drug-likeness (QED) is 0.613. The van der Waals surface area contributed by atoms with E-state index in [9.17, 15) is 0 Å². The maximum Gasteiger partial charge on any atom is 0.182 e. The molecule has 0 aliphatic carbocycles. The van der Waals surface area contributed by atoms with E-state index in [2.05, 4.69) is 9.97 Å². The Hall–Kier alpha value is -1.58. The molecule has 0 bridgehead atoms. The van der Waals surface area contributed by atoms with Gasteiger partial charge in [-0.15, -0.1) is 0 Å². The normalized spacial score (nSPS) is 10.3. The van der Waals surface area contributed by atoms with Gasteiger partial charge in [0.2, 0.25) is 0 Å². The predicted molar refractivity (Wildman–Crippen MR) is 38.4 cm³/mol. The lowest BCUT2D eigenvalue weighted by Gasteiger charge is -1.96. The summed E-state index contributed by atoms with van der Waals surface area (Å²) >= 11 is 0. The number of ether oxygens (including phenoxy) is 1. The van der Waals surface area contributed by atoms with Crippen LogP contribution < -0.4 is 4.74 Å². The molecule has 0 aliphatic heterocycles. The summed E-state index contributed by atoms with van der Waals surface area (Å²) in [6, 6.07) is 0. The summed E-state index contributed by atoms with van der Waals surface area (Å²) < 4.78 is 10.0. The molecule has 4 nitrogen and oxygen atoms in total. The number of aromatic nitrogens is 2. The van der Waals surface area contributed by atoms with Crippen LogP contribution in [0.5, 0.6) is 5.75 Å². The molecule has 0 N–H and O–H groups in total. The van der Waals surface area contributed by atoms with E-state index < -0.39 is 0 Å². The van der Waals surface area contributed by atoms with Gasteiger partial charge in [-0.3, -0.25) is 4.98 Å². The van der Waals surface area contributed by atoms with Crippen molar-refractivity contribution in [3.05, 3.63) is 18.8 Å². The molecule has 0 amide bonds. The second kappa shape index (κ2) is 2.23. The maximum absolute atomic E-state index is 5.01. The fourth-order valence-electron chi connectivity index (χ4n) is 0.915. The summed E-state index contributed by atoms with van der Waals surface area (Å²) in [4.78, 5) is 7.85. The smallest absolute Gasteiger partial charge is 0.182 e. The fraction of sp³-hybridized carbons (Fsp3) is 0.143. The van der Waals surface area contributed by atoms with Gasteiger partial charge in [0.25, 0.3) is 0 Å². The monoisotopic (exact) mass is 150 g/mol. The van der Waals surface area contributed by atoms with E-state index in [4.69, 9.17) is 9.15 Å². The van der Waals surface area contributed by atoms with Crippen LogP contribution in [-0.4, -0.2) is 17.1 Å². The highest BCUT2D eigenvalue weighted by atomic mass is 16.5. The second-order valence-electron chi connectivity index (χ2n) is 2.04. The van der Waals surface area contributed by atoms with Gasteiger partial charge >= 0.3 is 0 Å². The Morgan fingerprint density at radius 2 is 2.36 bits per heavy atom. The van der Waals surface area contributed by atoms with E-state index in [0.717, 1.165) is 0 Å². The first-order chi connectivity index (χ1) is 5.42. The SMILES string of the molecule is COc1cncc2ocnc12. The largest absolute Gasteiger partial charge is 0.493 e. The molecule has 0 saturated heterocycles. The topological polar surface area (TPSA) is 48.2 Å². The van der Waals surface area contributed by atoms with Gasteiger partial charge in [0, 0.05) is 0 Å². The van der Waals surface area contributed by atoms with Gasteiger partial charge in [0.1, 0.15) is 0 Å². The molecule has 11 heavy (non-hydrogen) atoms. The summed E-state index contributed by atoms with van der Waals surface area (Å²) in [5.41, 5.74) is 1.35. The van der Waals surface area contributed by atoms with Crippen molar-refractivity contribution in [2.45, 2.75) is 0 Å². The highest BCUT2D eigenvalue weighted by molar-refractivity contribution is 5.77. The fourth-order valence-corrected chi connectivity index (χ4v) is 0.915. The molecule has 56 valence electrons. The Morgan fingerprint density at radius 3 is 3.18 bits per heavy atom. The summed E-state index contributed by atoms with van der Waals surface area (Å²) in [6.07, 6.45) is 4.57. The number of nitrogens with zero attached hydrogens (tertiary/aromatic N) is 2. The lowest BCUT2D eigenvalue weighted by atomic mass is 10.4. The highest BCUT2D eigenvalue weighted by Gasteiger charge is 2.03. The summed E-state index contributed by atoms with van der Waals surface area (Å²) in [6.45, 7) is 0. The van der Waals surface area contributed by atoms with Gasteiger partial charge in [-0.25, -0.2) is 4.98 Å². The molecule has 4 heteroatoms. The zero-order chi connectivity index (χ0) is 7.68. The van der Waals surface area contributed by atoms with Crippen LogP contribution in [0.1, 0.15) is 0 Å². The molecule has 2 rings (SSSR count). The highest BCUT2D eigenvalue weighted by Crippen LogP contribution is 2.21. The first-order valence-electron chi connectivity index (χ1n) is 3.13. The first-order valence-corrected chi connectivity index (χ1v) is 3.13. The molecule has 0 spiro atoms. The summed E-state index contributed by atoms with van der Waals surface area (Å²) in [5, 5.41) is 0. The average Bonchev–Trinajstić information content (AvgIpc) is 2.50. The molecule has 0 unspecified atom stereocenters. The predicted octanol–water partition coefficient (Wildman–Crippen LogP) is 1.23. The second-order valence-corrected chi connectivity index (χ2v) is 2.04. The van der Waals surface area contributed by atoms with Gasteiger partial charge in [0.05, 0.1) is 19.5 Å². The third-order valence-corrected chi connectivity index (χ3v) is 1.43. The molecule has 2 aromatic heterocycles. The van der Waals surface area contributed by atoms with E-state index in [1.54, 1.807) is 19.5 Å². The number of pyridine rings is 1. The lowest BCUT2D eigenvalue weighted by molar-refractivity contribution is 0.417. The van der Waals surface area contributed by atoms with Crippen LogP contribution in [-0.2, 0) is 0 Å². The van der Waals surface area contributed by atoms with Gasteiger partial charge in [-0.2, -0.15) is 0 Å². The number of hydrogen-bond acceptors (Lipinski definition) is 4. The van der Waals surface area contributed by atoms with E-state index in [0.29, 0.717) is 16.8 Å². The minimum atomic E-state index is 0.635. The van der Waals surface area contributed by atoms with Gasteiger partial charge < -0.3 is 9.15 Å². The molecule has 0 atom stereocenters. The van der Waals surface area contributed by atoms with Crippen molar-refractivity contribution in [1.29, 1.82) is 0 Å². The van der Waals surface area contributed by atoms with Crippen molar-refractivity contribution in [2.24, 2.45) is 0 Å². The molecule has 0 aromatic carbocycles. The van der Waals surface area contributed by atoms with Crippen LogP contribution >= 0.6 is 0 Å². The zero-order valence-corrected chi connectivity index (χ0v) is 5.94. The lowest BCUT2D eigenvalue weighted by Crippen LogP contribution is -1.84. The Kier molecular flexibility index (Phi) is 1.25. The Bertz CT molecular complexity index is 369. The zero-order valence-electron chi connectivity index (χ0n) is 5.94. The molecule has 0 radical (unpaired) electrons. The number of oxazole rings is 1. The van der Waals surface area contributed by atoms with Crippen molar-refractivity contribution < 1.29 is 9.15 Å². The minimum Gasteiger partial charge on any atom is -0.493 e. The number of rotatable bonds is 1. The van der Waals surface area contributed by atoms with Crippen LogP contribution in [0.4, 0.5) is 0 Å². The third-order valence-electron chi connectivity index (χ3n) is 1.43. The molecule has 0 fully saturated rings. The van der Waals surface area contributed by atoms with Crippen LogP contribution in [0, 0.1) is 0 Å². The Balaban J connectivity index is 2.79. The number of methoxy groups -OCH3 is 1. The molecule has 2 heterocycles. The summed E-state index contributed by atoms with van der Waals surface area (Å²) in [5.74, 6) is 0.635. The first kappa shape index (κ1) is 6.15. The molecular formula is C7H6N2O2. The van der Waals surface area contributed by atoms with Crippen LogP contribution in [0.15, 0.2) is 23.2 Å². The number of hydrogen-bond donors (Lipinski definition) is 0. The molecule has 0 aliphatic rings. The number of fused-ring (bicyclic) bond motifs is 1. The van der Waals surface area contributed by atoms with Gasteiger partial charge in [-0.1, -0.05) is 0 Å². The van der Waals surface area contributed by atoms with Crippen molar-refractivity contribution in [3.63, 3.8) is 0 Å². The van der Waals surface area contributed by atoms with Crippen LogP contribution in [0.2, 0.25) is 0 Å². The Labute approximate surface area is 62.8 Å². The van der Waals surface area contributed by atoms with Crippen molar-refractivity contribution in [1.82, 2.24) is 9.97 Å². The van der Waals surface area contributed by atoms with Crippen LogP contribution in [0.25, 0.3) is 11.1 Å². The van der Waals surface area contributed by atoms with E-state index in [1.807, 2.05) is 0 Å². The minimum absolute atomic E-state index is 0.635. The maximum atomic E-state index is 5.01. The van der Waals surface area contributed by atoms with Crippen molar-refractivity contribution in [3.8, 4) is 5.75 Å². The molecule has 0 saturated carbocycles. The Morgan fingerprint density at radius 1 is 1.45 bits per heavy atom. The average molecular weight is 150 g/mol. The van der Waals surface area contributed by atoms with Gasteiger partial charge in [0.15, 0.2) is 23.2 Å². The van der Waals surface area contributed by atoms with Crippen LogP contribution in [0.3, 0.4) is 0 Å². The molecule has 2 aromatic rings. The van der Waals surface area contributed by atoms with E-state index in [1.165, 1.54) is 6.39 Å². The molecular weight excluding hydrogens is 144 g/mol. The standard InChI is InChI=1S/C7H6N2O2/c1-10-5-2-8-3-6-7(5)9-4-11-6/h2-4H,1H3. The van der Waals surface area contributed by atoms with Gasteiger partial charge in [-0.05, 0) is 0 Å². The van der Waals surface area contributed by atoms with E-state index in [-0.39, 0.29) is 0 Å². The summed E-state index contributed by atoms with van der Waals surface area (Å²) in [7, 11) is 1.57. The van der Waals surface area contributed by atoms with E-state index >= 15 is 0 Å². The van der Waals surface area contributed by atoms with Crippen molar-refractivity contribution >= 4 is 11.1 Å².